The van der Waals surface area contributed by atoms with Gasteiger partial charge in [-0.3, -0.25) is 9.59 Å². The molecule has 3 unspecified atom stereocenters. The molecule has 2 amide bonds. The number of aromatic nitrogens is 2. The predicted octanol–water partition coefficient (Wildman–Crippen LogP) is 6.73. The maximum absolute atomic E-state index is 16.5. The lowest BCUT2D eigenvalue weighted by Crippen LogP contribution is -2.45. The number of nitriles is 1. The highest BCUT2D eigenvalue weighted by atomic mass is 35.5. The Balaban J connectivity index is 1.44. The Labute approximate surface area is 252 Å². The molecule has 2 aromatic carbocycles. The zero-order valence-corrected chi connectivity index (χ0v) is 24.7. The molecule has 1 saturated carbocycles. The number of likely N-dealkylation sites (tertiary alicyclic amines) is 2. The van der Waals surface area contributed by atoms with E-state index in [9.17, 15) is 14.9 Å². The molecule has 4 heterocycles. The van der Waals surface area contributed by atoms with E-state index in [1.807, 2.05) is 24.0 Å². The highest BCUT2D eigenvalue weighted by Gasteiger charge is 2.54. The van der Waals surface area contributed by atoms with Gasteiger partial charge in [-0.1, -0.05) is 35.3 Å². The molecule has 3 atom stereocenters. The molecule has 2 aromatic heterocycles. The molecule has 1 N–H and O–H groups in total. The van der Waals surface area contributed by atoms with Crippen molar-refractivity contribution in [3.63, 3.8) is 0 Å². The fourth-order valence-corrected chi connectivity index (χ4v) is 7.39. The Morgan fingerprint density at radius 3 is 2.76 bits per heavy atom. The number of pyridine rings is 1. The minimum Gasteiger partial charge on any atom is -0.356 e. The summed E-state index contributed by atoms with van der Waals surface area (Å²) in [7, 11) is 1.80. The molecule has 10 heteroatoms. The van der Waals surface area contributed by atoms with Gasteiger partial charge in [0, 0.05) is 59.2 Å². The molecule has 3 aliphatic rings. The number of aromatic amines is 1. The van der Waals surface area contributed by atoms with E-state index in [0.717, 1.165) is 23.9 Å². The summed E-state index contributed by atoms with van der Waals surface area (Å²) < 4.78 is 16.5. The van der Waals surface area contributed by atoms with Crippen LogP contribution in [-0.2, 0) is 16.0 Å². The summed E-state index contributed by atoms with van der Waals surface area (Å²) in [6, 6.07) is 10.6. The van der Waals surface area contributed by atoms with E-state index in [4.69, 9.17) is 28.2 Å². The number of fused-ring (bicyclic) bond motifs is 5. The van der Waals surface area contributed by atoms with Gasteiger partial charge >= 0.3 is 0 Å². The van der Waals surface area contributed by atoms with Crippen molar-refractivity contribution in [1.29, 1.82) is 5.26 Å². The van der Waals surface area contributed by atoms with Crippen LogP contribution in [0.15, 0.2) is 30.3 Å². The van der Waals surface area contributed by atoms with Crippen molar-refractivity contribution < 1.29 is 14.0 Å². The second-order valence-electron chi connectivity index (χ2n) is 11.8. The smallest absolute Gasteiger partial charge is 0.228 e. The minimum absolute atomic E-state index is 0.0226. The number of likely N-dealkylation sites (N-methyl/N-ethyl adjacent to an activating group) is 1. The molecule has 1 aliphatic carbocycles. The first kappa shape index (κ1) is 27.2. The van der Waals surface area contributed by atoms with Gasteiger partial charge in [-0.15, -0.1) is 0 Å². The normalized spacial score (nSPS) is 21.9. The van der Waals surface area contributed by atoms with Gasteiger partial charge < -0.3 is 14.8 Å². The average Bonchev–Trinajstić information content (AvgIpc) is 3.64. The maximum atomic E-state index is 16.5. The van der Waals surface area contributed by atoms with Gasteiger partial charge in [0.15, 0.2) is 5.82 Å². The minimum atomic E-state index is -0.537. The third-order valence-corrected chi connectivity index (χ3v) is 9.92. The van der Waals surface area contributed by atoms with E-state index in [1.54, 1.807) is 30.1 Å². The molecule has 0 spiro atoms. The van der Waals surface area contributed by atoms with Crippen molar-refractivity contribution in [2.24, 2.45) is 11.8 Å². The van der Waals surface area contributed by atoms with Crippen LogP contribution < -0.4 is 0 Å². The zero-order chi connectivity index (χ0) is 29.4. The number of carbonyl (C=O) groups excluding carboxylic acids is 2. The lowest BCUT2D eigenvalue weighted by atomic mass is 9.92. The molecule has 7 nitrogen and oxygen atoms in total. The lowest BCUT2D eigenvalue weighted by molar-refractivity contribution is -0.136. The van der Waals surface area contributed by atoms with Crippen LogP contribution in [0.25, 0.3) is 32.9 Å². The molecular formula is C32H28Cl2FN5O2. The Hall–Kier alpha value is -3.67. The largest absolute Gasteiger partial charge is 0.356 e. The molecule has 3 fully saturated rings. The third kappa shape index (κ3) is 4.09. The van der Waals surface area contributed by atoms with Crippen molar-refractivity contribution in [1.82, 2.24) is 19.8 Å². The number of halogens is 3. The van der Waals surface area contributed by atoms with Crippen LogP contribution in [0, 0.1) is 35.9 Å². The SMILES string of the molecule is Cc1nc2c(F)c(-c3cccc(Cl)c3Cl)c(CCC#N)cc2c2[nH]c(C3C4CC(CN(C)C4=O)N3C(=O)C3CC3)cc12. The summed E-state index contributed by atoms with van der Waals surface area (Å²) in [6.07, 6.45) is 2.89. The molecule has 2 saturated heterocycles. The molecule has 214 valence electrons. The first-order valence-electron chi connectivity index (χ1n) is 14.2. The van der Waals surface area contributed by atoms with Crippen LogP contribution in [0.4, 0.5) is 4.39 Å². The van der Waals surface area contributed by atoms with Crippen molar-refractivity contribution in [3.8, 4) is 17.2 Å². The van der Waals surface area contributed by atoms with Gasteiger partial charge in [-0.25, -0.2) is 9.37 Å². The second-order valence-corrected chi connectivity index (χ2v) is 12.6. The summed E-state index contributed by atoms with van der Waals surface area (Å²) in [5.41, 5.74) is 3.58. The van der Waals surface area contributed by atoms with E-state index in [0.29, 0.717) is 52.1 Å². The lowest BCUT2D eigenvalue weighted by Gasteiger charge is -2.30. The van der Waals surface area contributed by atoms with Gasteiger partial charge in [0.05, 0.1) is 39.6 Å². The van der Waals surface area contributed by atoms with Gasteiger partial charge in [-0.05, 0) is 56.4 Å². The Bertz CT molecular complexity index is 1860. The molecule has 2 aliphatic heterocycles. The molecule has 42 heavy (non-hydrogen) atoms. The summed E-state index contributed by atoms with van der Waals surface area (Å²) in [4.78, 5) is 38.7. The van der Waals surface area contributed by atoms with Crippen molar-refractivity contribution in [2.45, 2.75) is 51.1 Å². The number of aryl methyl sites for hydroxylation is 2. The van der Waals surface area contributed by atoms with Crippen LogP contribution in [0.2, 0.25) is 10.0 Å². The number of piperidine rings is 1. The zero-order valence-electron chi connectivity index (χ0n) is 23.2. The predicted molar refractivity (Wildman–Crippen MR) is 160 cm³/mol. The number of benzene rings is 2. The summed E-state index contributed by atoms with van der Waals surface area (Å²) in [5, 5.41) is 11.3. The highest BCUT2D eigenvalue weighted by Crippen LogP contribution is 2.49. The number of hydrogen-bond acceptors (Lipinski definition) is 4. The third-order valence-electron chi connectivity index (χ3n) is 9.10. The number of amides is 2. The quantitative estimate of drug-likeness (QED) is 0.273. The van der Waals surface area contributed by atoms with E-state index in [-0.39, 0.29) is 52.2 Å². The number of carbonyl (C=O) groups is 2. The van der Waals surface area contributed by atoms with E-state index < -0.39 is 11.9 Å². The van der Waals surface area contributed by atoms with Crippen molar-refractivity contribution in [2.75, 3.05) is 13.6 Å². The standard InChI is InChI=1S/C32H28Cl2FN5O2/c1-15-20-13-24(30-22-12-18(14-39(2)32(22)42)40(30)31(41)16-8-9-16)38-28(20)21-11-17(5-4-10-36)25(27(35)29(21)37-15)19-6-3-7-23(33)26(19)34/h3,6-7,11,13,16,18,22,30,38H,4-5,8-9,12,14H2,1-2H3. The number of rotatable bonds is 5. The fourth-order valence-electron chi connectivity index (χ4n) is 7.00. The maximum Gasteiger partial charge on any atom is 0.228 e. The van der Waals surface area contributed by atoms with Crippen molar-refractivity contribution in [3.05, 3.63) is 63.1 Å². The first-order chi connectivity index (χ1) is 20.2. The first-order valence-corrected chi connectivity index (χ1v) is 15.0. The van der Waals surface area contributed by atoms with E-state index in [1.165, 1.54) is 0 Å². The van der Waals surface area contributed by atoms with Crippen LogP contribution in [-0.4, -0.2) is 51.2 Å². The Kier molecular flexibility index (Phi) is 6.45. The topological polar surface area (TPSA) is 93.1 Å². The van der Waals surface area contributed by atoms with Crippen molar-refractivity contribution >= 4 is 56.8 Å². The second kappa shape index (κ2) is 9.96. The molecule has 7 rings (SSSR count). The van der Waals surface area contributed by atoms with Gasteiger partial charge in [0.25, 0.3) is 0 Å². The van der Waals surface area contributed by atoms with Gasteiger partial charge in [0.2, 0.25) is 11.8 Å². The average molecular weight is 605 g/mol. The monoisotopic (exact) mass is 603 g/mol. The number of hydrogen-bond donors (Lipinski definition) is 1. The Morgan fingerprint density at radius 1 is 1.24 bits per heavy atom. The number of H-pyrrole nitrogens is 1. The van der Waals surface area contributed by atoms with Crippen LogP contribution >= 0.6 is 23.2 Å². The van der Waals surface area contributed by atoms with E-state index in [2.05, 4.69) is 11.1 Å². The van der Waals surface area contributed by atoms with E-state index >= 15 is 4.39 Å². The molecule has 2 bridgehead atoms. The van der Waals surface area contributed by atoms with Gasteiger partial charge in [0.1, 0.15) is 5.52 Å². The highest BCUT2D eigenvalue weighted by molar-refractivity contribution is 6.43. The fraction of sp³-hybridized carbons (Fsp3) is 0.375. The van der Waals surface area contributed by atoms with Crippen LogP contribution in [0.5, 0.6) is 0 Å². The van der Waals surface area contributed by atoms with Crippen LogP contribution in [0.1, 0.15) is 48.7 Å². The number of nitrogens with one attached hydrogen (secondary N) is 1. The number of nitrogens with zero attached hydrogens (tertiary/aromatic N) is 4. The molecule has 4 aromatic rings. The summed E-state index contributed by atoms with van der Waals surface area (Å²) in [6.45, 7) is 2.35. The molecule has 0 radical (unpaired) electrons. The summed E-state index contributed by atoms with van der Waals surface area (Å²) in [5.74, 6) is -0.710. The van der Waals surface area contributed by atoms with Crippen LogP contribution in [0.3, 0.4) is 0 Å². The summed E-state index contributed by atoms with van der Waals surface area (Å²) >= 11 is 12.8. The van der Waals surface area contributed by atoms with Gasteiger partial charge in [-0.2, -0.15) is 5.26 Å². The molecular weight excluding hydrogens is 576 g/mol. The Morgan fingerprint density at radius 2 is 2.02 bits per heavy atom.